The van der Waals surface area contributed by atoms with Crippen molar-refractivity contribution in [2.75, 3.05) is 13.1 Å². The van der Waals surface area contributed by atoms with Crippen molar-refractivity contribution in [1.29, 1.82) is 0 Å². The van der Waals surface area contributed by atoms with Crippen LogP contribution in [0.3, 0.4) is 0 Å². The van der Waals surface area contributed by atoms with Crippen LogP contribution in [0.5, 0.6) is 5.75 Å². The predicted octanol–water partition coefficient (Wildman–Crippen LogP) is 3.98. The minimum atomic E-state index is -4.81. The summed E-state index contributed by atoms with van der Waals surface area (Å²) >= 11 is 0. The monoisotopic (exact) mass is 471 g/mol. The van der Waals surface area contributed by atoms with Gasteiger partial charge in [0.25, 0.3) is 5.91 Å². The summed E-state index contributed by atoms with van der Waals surface area (Å²) in [5.41, 5.74) is 15.0. The van der Waals surface area contributed by atoms with Crippen LogP contribution in [0.2, 0.25) is 0 Å². The van der Waals surface area contributed by atoms with Gasteiger partial charge < -0.3 is 26.1 Å². The maximum Gasteiger partial charge on any atom is 0.573 e. The number of aryl methyl sites for hydroxylation is 1. The van der Waals surface area contributed by atoms with Crippen molar-refractivity contribution >= 4 is 11.9 Å². The first-order valence-electron chi connectivity index (χ1n) is 10.6. The highest BCUT2D eigenvalue weighted by molar-refractivity contribution is 5.98. The average Bonchev–Trinajstić information content (AvgIpc) is 3.16. The first kappa shape index (κ1) is 23.2. The number of rotatable bonds is 6. The summed E-state index contributed by atoms with van der Waals surface area (Å²) in [6, 6.07) is 15.0. The molecule has 10 heteroatoms. The normalized spacial score (nSPS) is 15.4. The van der Waals surface area contributed by atoms with Gasteiger partial charge in [-0.1, -0.05) is 35.9 Å². The molecule has 0 bridgehead atoms. The largest absolute Gasteiger partial charge is 0.573 e. The molecule has 1 unspecified atom stereocenters. The number of guanidine groups is 1. The Morgan fingerprint density at radius 1 is 1.15 bits per heavy atom. The molecule has 0 fully saturated rings. The average molecular weight is 471 g/mol. The lowest BCUT2D eigenvalue weighted by Gasteiger charge is -2.28. The Hall–Kier alpha value is -3.95. The Balaban J connectivity index is 1.89. The fourth-order valence-corrected chi connectivity index (χ4v) is 4.21. The summed E-state index contributed by atoms with van der Waals surface area (Å²) < 4.78 is 44.5. The maximum atomic E-state index is 12.8. The summed E-state index contributed by atoms with van der Waals surface area (Å²) in [5.74, 6) is -0.618. The number of fused-ring (bicyclic) bond motifs is 1. The summed E-state index contributed by atoms with van der Waals surface area (Å²) in [7, 11) is 0. The number of nitrogens with zero attached hydrogens (tertiary/aromatic N) is 2. The number of carbonyl (C=O) groups is 1. The molecular formula is C24H24F3N5O2. The zero-order chi connectivity index (χ0) is 24.5. The van der Waals surface area contributed by atoms with Crippen LogP contribution in [-0.4, -0.2) is 35.9 Å². The molecule has 0 saturated heterocycles. The van der Waals surface area contributed by atoms with E-state index in [9.17, 15) is 18.0 Å². The van der Waals surface area contributed by atoms with Crippen molar-refractivity contribution < 1.29 is 22.7 Å². The Labute approximate surface area is 194 Å². The van der Waals surface area contributed by atoms with Crippen molar-refractivity contribution in [3.63, 3.8) is 0 Å². The van der Waals surface area contributed by atoms with E-state index in [1.54, 1.807) is 12.1 Å². The number of ether oxygens (including phenoxy) is 1. The second kappa shape index (κ2) is 9.12. The first-order valence-corrected chi connectivity index (χ1v) is 10.6. The van der Waals surface area contributed by atoms with Crippen LogP contribution in [0, 0.1) is 6.92 Å². The minimum Gasteiger partial charge on any atom is -0.406 e. The second-order valence-electron chi connectivity index (χ2n) is 8.07. The number of carbonyl (C=O) groups excluding carboxylic acids is 1. The molecule has 1 atom stereocenters. The summed E-state index contributed by atoms with van der Waals surface area (Å²) in [6.07, 6.45) is -4.26. The van der Waals surface area contributed by atoms with Gasteiger partial charge in [-0.3, -0.25) is 9.79 Å². The third-order valence-electron chi connectivity index (χ3n) is 5.56. The Bertz CT molecular complexity index is 1250. The topological polar surface area (TPSA) is 108 Å². The number of aromatic nitrogens is 1. The van der Waals surface area contributed by atoms with E-state index >= 15 is 0 Å². The number of nitrogens with one attached hydrogen (secondary N) is 1. The number of hydrogen-bond acceptors (Lipinski definition) is 3. The summed E-state index contributed by atoms with van der Waals surface area (Å²) in [4.78, 5) is 16.9. The Kier molecular flexibility index (Phi) is 6.23. The molecule has 34 heavy (non-hydrogen) atoms. The van der Waals surface area contributed by atoms with E-state index in [0.717, 1.165) is 16.8 Å². The molecule has 178 valence electrons. The number of nitrogens with two attached hydrogens (primary N) is 2. The van der Waals surface area contributed by atoms with Crippen LogP contribution in [0.25, 0.3) is 22.4 Å². The number of alkyl halides is 3. The van der Waals surface area contributed by atoms with Gasteiger partial charge >= 0.3 is 6.36 Å². The molecule has 0 saturated carbocycles. The van der Waals surface area contributed by atoms with Gasteiger partial charge in [-0.25, -0.2) is 0 Å². The van der Waals surface area contributed by atoms with Crippen molar-refractivity contribution in [2.45, 2.75) is 25.7 Å². The van der Waals surface area contributed by atoms with E-state index < -0.39 is 6.36 Å². The van der Waals surface area contributed by atoms with E-state index in [1.165, 1.54) is 18.2 Å². The fourth-order valence-electron chi connectivity index (χ4n) is 4.21. The Morgan fingerprint density at radius 3 is 2.59 bits per heavy atom. The number of hydrogen-bond donors (Lipinski definition) is 3. The molecule has 1 aromatic heterocycles. The van der Waals surface area contributed by atoms with Gasteiger partial charge in [-0.05, 0) is 48.7 Å². The highest BCUT2D eigenvalue weighted by Gasteiger charge is 2.33. The van der Waals surface area contributed by atoms with Crippen LogP contribution < -0.4 is 21.5 Å². The highest BCUT2D eigenvalue weighted by Crippen LogP contribution is 2.40. The van der Waals surface area contributed by atoms with Gasteiger partial charge in [0, 0.05) is 18.7 Å². The molecule has 1 aliphatic heterocycles. The second-order valence-corrected chi connectivity index (χ2v) is 8.07. The van der Waals surface area contributed by atoms with Crippen molar-refractivity contribution in [3.05, 3.63) is 65.9 Å². The third-order valence-corrected chi connectivity index (χ3v) is 5.56. The molecule has 2 heterocycles. The van der Waals surface area contributed by atoms with E-state index in [0.29, 0.717) is 36.3 Å². The molecule has 1 amide bonds. The molecule has 0 spiro atoms. The third kappa shape index (κ3) is 5.00. The molecule has 5 N–H and O–H groups in total. The van der Waals surface area contributed by atoms with Crippen LogP contribution in [-0.2, 0) is 0 Å². The lowest BCUT2D eigenvalue weighted by molar-refractivity contribution is -0.274. The summed E-state index contributed by atoms with van der Waals surface area (Å²) in [5, 5.41) is 2.88. The molecule has 7 nitrogen and oxygen atoms in total. The van der Waals surface area contributed by atoms with Gasteiger partial charge in [0.1, 0.15) is 11.4 Å². The minimum absolute atomic E-state index is 0.0198. The van der Waals surface area contributed by atoms with Gasteiger partial charge in [-0.2, -0.15) is 0 Å². The number of aliphatic imine (C=N–C) groups is 1. The van der Waals surface area contributed by atoms with Gasteiger partial charge in [-0.15, -0.1) is 13.2 Å². The molecule has 4 rings (SSSR count). The maximum absolute atomic E-state index is 12.8. The van der Waals surface area contributed by atoms with Gasteiger partial charge in [0.15, 0.2) is 5.96 Å². The fraction of sp³-hybridized carbons (Fsp3) is 0.250. The van der Waals surface area contributed by atoms with Crippen LogP contribution >= 0.6 is 0 Å². The predicted molar refractivity (Wildman–Crippen MR) is 123 cm³/mol. The Morgan fingerprint density at radius 2 is 1.88 bits per heavy atom. The lowest BCUT2D eigenvalue weighted by atomic mass is 9.99. The van der Waals surface area contributed by atoms with Crippen LogP contribution in [0.1, 0.15) is 28.5 Å². The van der Waals surface area contributed by atoms with E-state index in [-0.39, 0.29) is 23.7 Å². The zero-order valence-electron chi connectivity index (χ0n) is 18.4. The molecule has 0 aliphatic carbocycles. The molecule has 2 aromatic carbocycles. The standard InChI is InChI=1S/C24H24F3N5O2/c1-14-4-2-6-16(10-14)21-19(15-5-3-7-18(11-15)34-24(25,26)27)12-20-22(33)31-13-17(32(20)21)8-9-30-23(28)29/h2-7,10-12,17H,8-9,13H2,1H3,(H,31,33)(H4,28,29,30). The van der Waals surface area contributed by atoms with Crippen LogP contribution in [0.15, 0.2) is 59.6 Å². The molecule has 1 aliphatic rings. The van der Waals surface area contributed by atoms with Gasteiger partial charge in [0.2, 0.25) is 0 Å². The quantitative estimate of drug-likeness (QED) is 0.373. The lowest BCUT2D eigenvalue weighted by Crippen LogP contribution is -2.39. The van der Waals surface area contributed by atoms with Crippen molar-refractivity contribution in [2.24, 2.45) is 16.5 Å². The van der Waals surface area contributed by atoms with Crippen molar-refractivity contribution in [1.82, 2.24) is 9.88 Å². The van der Waals surface area contributed by atoms with Crippen molar-refractivity contribution in [3.8, 4) is 28.1 Å². The highest BCUT2D eigenvalue weighted by atomic mass is 19.4. The van der Waals surface area contributed by atoms with E-state index in [1.807, 2.05) is 35.8 Å². The smallest absolute Gasteiger partial charge is 0.406 e. The van der Waals surface area contributed by atoms with Crippen LogP contribution in [0.4, 0.5) is 13.2 Å². The summed E-state index contributed by atoms with van der Waals surface area (Å²) in [6.45, 7) is 2.68. The SMILES string of the molecule is Cc1cccc(-c2c(-c3cccc(OC(F)(F)F)c3)cc3n2C(CCN=C(N)N)CNC3=O)c1. The van der Waals surface area contributed by atoms with E-state index in [4.69, 9.17) is 11.5 Å². The molecule has 3 aromatic rings. The number of halogens is 3. The molecular weight excluding hydrogens is 447 g/mol. The van der Waals surface area contributed by atoms with Gasteiger partial charge in [0.05, 0.1) is 11.7 Å². The number of benzene rings is 2. The molecule has 0 radical (unpaired) electrons. The number of amides is 1. The first-order chi connectivity index (χ1) is 16.1. The van der Waals surface area contributed by atoms with E-state index in [2.05, 4.69) is 15.0 Å². The zero-order valence-corrected chi connectivity index (χ0v) is 18.4.